The Kier molecular flexibility index (Phi) is 2.75. The van der Waals surface area contributed by atoms with Gasteiger partial charge in [0.1, 0.15) is 0 Å². The summed E-state index contributed by atoms with van der Waals surface area (Å²) in [6.07, 6.45) is -1.92. The second kappa shape index (κ2) is 3.64. The Bertz CT molecular complexity index is 271. The molecule has 5 heteroatoms. The Balaban J connectivity index is 2.78. The minimum absolute atomic E-state index is 0.0378. The van der Waals surface area contributed by atoms with E-state index in [0.29, 0.717) is 0 Å². The van der Waals surface area contributed by atoms with Crippen LogP contribution in [-0.4, -0.2) is 23.3 Å². The van der Waals surface area contributed by atoms with Gasteiger partial charge in [0.25, 0.3) is 0 Å². The van der Waals surface area contributed by atoms with E-state index >= 15 is 0 Å². The van der Waals surface area contributed by atoms with E-state index in [1.54, 1.807) is 0 Å². The van der Waals surface area contributed by atoms with E-state index in [2.05, 4.69) is 0 Å². The molecule has 72 valence electrons. The average Bonchev–Trinajstić information content (AvgIpc) is 2.03. The minimum atomic E-state index is -2.70. The first-order valence-electron chi connectivity index (χ1n) is 3.78. The molecular formula is C8H8F2O3. The molecule has 0 aromatic heterocycles. The third-order valence-corrected chi connectivity index (χ3v) is 1.99. The quantitative estimate of drug-likeness (QED) is 0.712. The first-order valence-corrected chi connectivity index (χ1v) is 3.78. The highest BCUT2D eigenvalue weighted by atomic mass is 19.3. The number of carboxylic acids is 1. The largest absolute Gasteiger partial charge is 0.478 e. The molecule has 1 aliphatic carbocycles. The monoisotopic (exact) mass is 190 g/mol. The lowest BCUT2D eigenvalue weighted by atomic mass is 9.89. The molecule has 0 saturated heterocycles. The Morgan fingerprint density at radius 2 is 2.23 bits per heavy atom. The van der Waals surface area contributed by atoms with E-state index in [1.165, 1.54) is 0 Å². The van der Waals surface area contributed by atoms with Gasteiger partial charge in [-0.3, -0.25) is 4.79 Å². The molecule has 1 N–H and O–H groups in total. The Hall–Kier alpha value is -1.26. The molecule has 0 bridgehead atoms. The number of halogens is 2. The van der Waals surface area contributed by atoms with Crippen LogP contribution in [0.2, 0.25) is 0 Å². The molecule has 0 heterocycles. The van der Waals surface area contributed by atoms with Gasteiger partial charge in [0.2, 0.25) is 6.43 Å². The molecule has 1 atom stereocenters. The second-order valence-electron chi connectivity index (χ2n) is 2.86. The first kappa shape index (κ1) is 9.83. The summed E-state index contributed by atoms with van der Waals surface area (Å²) < 4.78 is 24.2. The Morgan fingerprint density at radius 1 is 1.62 bits per heavy atom. The molecule has 0 aromatic carbocycles. The molecule has 1 rings (SSSR count). The van der Waals surface area contributed by atoms with E-state index in [0.717, 1.165) is 6.08 Å². The topological polar surface area (TPSA) is 54.4 Å². The van der Waals surface area contributed by atoms with E-state index in [-0.39, 0.29) is 18.4 Å². The van der Waals surface area contributed by atoms with Gasteiger partial charge in [-0.2, -0.15) is 0 Å². The molecule has 1 unspecified atom stereocenters. The van der Waals surface area contributed by atoms with Crippen LogP contribution in [0.25, 0.3) is 0 Å². The van der Waals surface area contributed by atoms with Crippen molar-refractivity contribution in [2.24, 2.45) is 5.92 Å². The SMILES string of the molecule is O=C(O)C1=CC(=O)C(C(F)F)CC1. The van der Waals surface area contributed by atoms with Crippen molar-refractivity contribution in [2.45, 2.75) is 19.3 Å². The highest BCUT2D eigenvalue weighted by Gasteiger charge is 2.31. The maximum atomic E-state index is 12.1. The summed E-state index contributed by atoms with van der Waals surface area (Å²) in [5, 5.41) is 8.47. The molecule has 0 spiro atoms. The van der Waals surface area contributed by atoms with Crippen LogP contribution < -0.4 is 0 Å². The number of rotatable bonds is 2. The lowest BCUT2D eigenvalue weighted by molar-refractivity contribution is -0.134. The molecule has 1 aliphatic rings. The van der Waals surface area contributed by atoms with Gasteiger partial charge in [0, 0.05) is 5.57 Å². The highest BCUT2D eigenvalue weighted by molar-refractivity contribution is 6.01. The fourth-order valence-electron chi connectivity index (χ4n) is 1.22. The minimum Gasteiger partial charge on any atom is -0.478 e. The van der Waals surface area contributed by atoms with Crippen LogP contribution in [0.5, 0.6) is 0 Å². The van der Waals surface area contributed by atoms with E-state index in [4.69, 9.17) is 5.11 Å². The number of hydrogen-bond acceptors (Lipinski definition) is 2. The zero-order valence-corrected chi connectivity index (χ0v) is 6.67. The van der Waals surface area contributed by atoms with Gasteiger partial charge in [0.05, 0.1) is 5.92 Å². The van der Waals surface area contributed by atoms with Gasteiger partial charge in [-0.25, -0.2) is 13.6 Å². The molecular weight excluding hydrogens is 182 g/mol. The summed E-state index contributed by atoms with van der Waals surface area (Å²) in [7, 11) is 0. The van der Waals surface area contributed by atoms with Crippen LogP contribution in [0.15, 0.2) is 11.6 Å². The van der Waals surface area contributed by atoms with Gasteiger partial charge in [-0.05, 0) is 18.9 Å². The van der Waals surface area contributed by atoms with Crippen molar-refractivity contribution in [3.05, 3.63) is 11.6 Å². The van der Waals surface area contributed by atoms with Crippen LogP contribution in [-0.2, 0) is 9.59 Å². The molecule has 0 radical (unpaired) electrons. The molecule has 0 aromatic rings. The summed E-state index contributed by atoms with van der Waals surface area (Å²) in [4.78, 5) is 21.3. The molecule has 0 aliphatic heterocycles. The maximum absolute atomic E-state index is 12.1. The summed E-state index contributed by atoms with van der Waals surface area (Å²) in [5.41, 5.74) is -0.0816. The fourth-order valence-corrected chi connectivity index (χ4v) is 1.22. The van der Waals surface area contributed by atoms with Gasteiger partial charge < -0.3 is 5.11 Å². The first-order chi connectivity index (χ1) is 6.02. The van der Waals surface area contributed by atoms with Crippen molar-refractivity contribution in [1.82, 2.24) is 0 Å². The van der Waals surface area contributed by atoms with E-state index in [1.807, 2.05) is 0 Å². The number of alkyl halides is 2. The van der Waals surface area contributed by atoms with Crippen LogP contribution in [0.1, 0.15) is 12.8 Å². The zero-order chi connectivity index (χ0) is 10.0. The van der Waals surface area contributed by atoms with Crippen LogP contribution in [0, 0.1) is 5.92 Å². The Labute approximate surface area is 73.0 Å². The zero-order valence-electron chi connectivity index (χ0n) is 6.67. The van der Waals surface area contributed by atoms with Gasteiger partial charge in [0.15, 0.2) is 5.78 Å². The van der Waals surface area contributed by atoms with Crippen LogP contribution in [0.4, 0.5) is 8.78 Å². The van der Waals surface area contributed by atoms with Gasteiger partial charge in [-0.15, -0.1) is 0 Å². The Morgan fingerprint density at radius 3 is 2.62 bits per heavy atom. The average molecular weight is 190 g/mol. The van der Waals surface area contributed by atoms with Crippen molar-refractivity contribution < 1.29 is 23.5 Å². The number of aliphatic carboxylic acids is 1. The summed E-state index contributed by atoms with van der Waals surface area (Å²) in [5.74, 6) is -3.30. The van der Waals surface area contributed by atoms with Crippen molar-refractivity contribution in [1.29, 1.82) is 0 Å². The predicted molar refractivity (Wildman–Crippen MR) is 39.5 cm³/mol. The van der Waals surface area contributed by atoms with Gasteiger partial charge in [-0.1, -0.05) is 0 Å². The molecule has 0 fully saturated rings. The third kappa shape index (κ3) is 2.11. The molecule has 0 saturated carbocycles. The number of ketones is 1. The standard InChI is InChI=1S/C8H8F2O3/c9-7(10)5-2-1-4(8(12)13)3-6(5)11/h3,5,7H,1-2H2,(H,12,13). The summed E-state index contributed by atoms with van der Waals surface area (Å²) in [6, 6.07) is 0. The number of carbonyl (C=O) groups is 2. The number of hydrogen-bond donors (Lipinski definition) is 1. The predicted octanol–water partition coefficient (Wildman–Crippen LogP) is 1.24. The second-order valence-corrected chi connectivity index (χ2v) is 2.86. The van der Waals surface area contributed by atoms with Crippen molar-refractivity contribution in [3.8, 4) is 0 Å². The van der Waals surface area contributed by atoms with E-state index < -0.39 is 24.1 Å². The molecule has 13 heavy (non-hydrogen) atoms. The lowest BCUT2D eigenvalue weighted by Gasteiger charge is -2.17. The smallest absolute Gasteiger partial charge is 0.331 e. The summed E-state index contributed by atoms with van der Waals surface area (Å²) in [6.45, 7) is 0. The van der Waals surface area contributed by atoms with Crippen LogP contribution >= 0.6 is 0 Å². The highest BCUT2D eigenvalue weighted by Crippen LogP contribution is 2.25. The third-order valence-electron chi connectivity index (χ3n) is 1.99. The lowest BCUT2D eigenvalue weighted by Crippen LogP contribution is -2.25. The van der Waals surface area contributed by atoms with Crippen molar-refractivity contribution in [2.75, 3.05) is 0 Å². The van der Waals surface area contributed by atoms with Crippen molar-refractivity contribution in [3.63, 3.8) is 0 Å². The number of carbonyl (C=O) groups excluding carboxylic acids is 1. The van der Waals surface area contributed by atoms with Crippen molar-refractivity contribution >= 4 is 11.8 Å². The van der Waals surface area contributed by atoms with Gasteiger partial charge >= 0.3 is 5.97 Å². The summed E-state index contributed by atoms with van der Waals surface area (Å²) >= 11 is 0. The number of carboxylic acid groups (broad SMARTS) is 1. The number of allylic oxidation sites excluding steroid dienone is 1. The van der Waals surface area contributed by atoms with E-state index in [9.17, 15) is 18.4 Å². The maximum Gasteiger partial charge on any atom is 0.331 e. The molecule has 0 amide bonds. The normalized spacial score (nSPS) is 23.2. The molecule has 3 nitrogen and oxygen atoms in total. The van der Waals surface area contributed by atoms with Crippen LogP contribution in [0.3, 0.4) is 0 Å². The fraction of sp³-hybridized carbons (Fsp3) is 0.500.